The number of hydrogen-bond donors (Lipinski definition) is 2. The monoisotopic (exact) mass is 334 g/mol. The molecule has 7 nitrogen and oxygen atoms in total. The van der Waals surface area contributed by atoms with Gasteiger partial charge in [-0.2, -0.15) is 0 Å². The Morgan fingerprint density at radius 1 is 1.35 bits per heavy atom. The fourth-order valence-corrected chi connectivity index (χ4v) is 2.92. The second-order valence-electron chi connectivity index (χ2n) is 5.18. The van der Waals surface area contributed by atoms with E-state index in [9.17, 15) is 14.7 Å². The van der Waals surface area contributed by atoms with Crippen LogP contribution in [0.25, 0.3) is 10.8 Å². The van der Waals surface area contributed by atoms with Crippen LogP contribution in [0.4, 0.5) is 0 Å². The van der Waals surface area contributed by atoms with Crippen molar-refractivity contribution < 1.29 is 14.7 Å². The van der Waals surface area contributed by atoms with Gasteiger partial charge in [-0.25, -0.2) is 19.7 Å². The van der Waals surface area contributed by atoms with Crippen molar-refractivity contribution in [3.63, 3.8) is 0 Å². The maximum Gasteiger partial charge on any atom is 0.326 e. The standard InChI is InChI=1S/C15H18N4O3S/c1-4-8(2)10(15(21)22)19-13(20)11-9(3)18-14(23-11)12-16-6-5-7-17-12/h5-8,10H,4H2,1-3H3,(H,19,20)(H,21,22)/t8-,10-/m1/s1. The van der Waals surface area contributed by atoms with E-state index < -0.39 is 17.9 Å². The van der Waals surface area contributed by atoms with Crippen LogP contribution in [0.5, 0.6) is 0 Å². The van der Waals surface area contributed by atoms with Crippen LogP contribution in [0, 0.1) is 12.8 Å². The molecule has 2 aromatic heterocycles. The number of nitrogens with one attached hydrogen (secondary N) is 1. The highest BCUT2D eigenvalue weighted by atomic mass is 32.1. The second kappa shape index (κ2) is 7.28. The Labute approximate surface area is 137 Å². The van der Waals surface area contributed by atoms with Gasteiger partial charge in [-0.15, -0.1) is 11.3 Å². The molecule has 0 aliphatic carbocycles. The molecule has 2 aromatic rings. The summed E-state index contributed by atoms with van der Waals surface area (Å²) in [6.45, 7) is 5.38. The lowest BCUT2D eigenvalue weighted by atomic mass is 9.99. The van der Waals surface area contributed by atoms with Crippen LogP contribution in [0.2, 0.25) is 0 Å². The Morgan fingerprint density at radius 3 is 2.57 bits per heavy atom. The zero-order valence-electron chi connectivity index (χ0n) is 13.1. The Balaban J connectivity index is 2.23. The summed E-state index contributed by atoms with van der Waals surface area (Å²) in [5, 5.41) is 12.4. The van der Waals surface area contributed by atoms with Crippen LogP contribution in [-0.4, -0.2) is 38.0 Å². The fraction of sp³-hybridized carbons (Fsp3) is 0.400. The SMILES string of the molecule is CC[C@@H](C)[C@@H](NC(=O)c1sc(-c2ncccn2)nc1C)C(=O)O. The van der Waals surface area contributed by atoms with Crippen LogP contribution in [0.3, 0.4) is 0 Å². The van der Waals surface area contributed by atoms with E-state index in [-0.39, 0.29) is 5.92 Å². The highest BCUT2D eigenvalue weighted by molar-refractivity contribution is 7.17. The number of hydrogen-bond acceptors (Lipinski definition) is 6. The number of amides is 1. The molecule has 8 heteroatoms. The van der Waals surface area contributed by atoms with Gasteiger partial charge in [0.15, 0.2) is 10.8 Å². The first-order valence-electron chi connectivity index (χ1n) is 7.22. The van der Waals surface area contributed by atoms with Crippen molar-refractivity contribution in [3.8, 4) is 10.8 Å². The predicted molar refractivity (Wildman–Crippen MR) is 86.2 cm³/mol. The molecule has 122 valence electrons. The number of carboxylic acid groups (broad SMARTS) is 1. The molecule has 0 radical (unpaired) electrons. The topological polar surface area (TPSA) is 105 Å². The average Bonchev–Trinajstić information content (AvgIpc) is 2.94. The van der Waals surface area contributed by atoms with E-state index in [0.717, 1.165) is 11.3 Å². The zero-order chi connectivity index (χ0) is 17.0. The van der Waals surface area contributed by atoms with E-state index in [0.29, 0.717) is 27.8 Å². The normalized spacial score (nSPS) is 13.3. The van der Waals surface area contributed by atoms with Crippen molar-refractivity contribution in [3.05, 3.63) is 29.0 Å². The van der Waals surface area contributed by atoms with Crippen LogP contribution in [-0.2, 0) is 4.79 Å². The smallest absolute Gasteiger partial charge is 0.326 e. The summed E-state index contributed by atoms with van der Waals surface area (Å²) in [5.41, 5.74) is 0.531. The summed E-state index contributed by atoms with van der Waals surface area (Å²) in [4.78, 5) is 36.6. The van der Waals surface area contributed by atoms with Crippen molar-refractivity contribution in [1.29, 1.82) is 0 Å². The van der Waals surface area contributed by atoms with Gasteiger partial charge in [-0.3, -0.25) is 4.79 Å². The van der Waals surface area contributed by atoms with Crippen LogP contribution < -0.4 is 5.32 Å². The molecule has 23 heavy (non-hydrogen) atoms. The Morgan fingerprint density at radius 2 is 2.00 bits per heavy atom. The number of aliphatic carboxylic acids is 1. The van der Waals surface area contributed by atoms with Crippen LogP contribution >= 0.6 is 11.3 Å². The minimum Gasteiger partial charge on any atom is -0.480 e. The largest absolute Gasteiger partial charge is 0.480 e. The Kier molecular flexibility index (Phi) is 5.38. The molecule has 2 N–H and O–H groups in total. The summed E-state index contributed by atoms with van der Waals surface area (Å²) >= 11 is 1.15. The first-order chi connectivity index (χ1) is 10.9. The third-order valence-corrected chi connectivity index (χ3v) is 4.68. The number of thiazole rings is 1. The lowest BCUT2D eigenvalue weighted by molar-refractivity contribution is -0.140. The highest BCUT2D eigenvalue weighted by Crippen LogP contribution is 2.25. The summed E-state index contributed by atoms with van der Waals surface area (Å²) < 4.78 is 0. The van der Waals surface area contributed by atoms with Gasteiger partial charge in [0.05, 0.1) is 5.69 Å². The predicted octanol–water partition coefficient (Wildman–Crippen LogP) is 2.14. The molecule has 0 bridgehead atoms. The molecule has 2 heterocycles. The number of carbonyl (C=O) groups excluding carboxylic acids is 1. The maximum atomic E-state index is 12.4. The van der Waals surface area contributed by atoms with E-state index in [1.165, 1.54) is 0 Å². The molecule has 2 rings (SSSR count). The van der Waals surface area contributed by atoms with E-state index >= 15 is 0 Å². The molecule has 0 aromatic carbocycles. The van der Waals surface area contributed by atoms with Crippen molar-refractivity contribution in [2.24, 2.45) is 5.92 Å². The average molecular weight is 334 g/mol. The van der Waals surface area contributed by atoms with Crippen molar-refractivity contribution in [2.75, 3.05) is 0 Å². The van der Waals surface area contributed by atoms with Gasteiger partial charge in [0.1, 0.15) is 10.9 Å². The van der Waals surface area contributed by atoms with Gasteiger partial charge < -0.3 is 10.4 Å². The lowest BCUT2D eigenvalue weighted by Gasteiger charge is -2.19. The zero-order valence-corrected chi connectivity index (χ0v) is 13.9. The molecule has 0 aliphatic rings. The molecule has 0 fully saturated rings. The third-order valence-electron chi connectivity index (χ3n) is 3.53. The molecule has 0 saturated carbocycles. The van der Waals surface area contributed by atoms with Gasteiger partial charge >= 0.3 is 5.97 Å². The van der Waals surface area contributed by atoms with Gasteiger partial charge in [-0.1, -0.05) is 20.3 Å². The van der Waals surface area contributed by atoms with E-state index in [4.69, 9.17) is 0 Å². The van der Waals surface area contributed by atoms with E-state index in [1.54, 1.807) is 32.3 Å². The first-order valence-corrected chi connectivity index (χ1v) is 8.04. The van der Waals surface area contributed by atoms with Crippen molar-refractivity contribution in [2.45, 2.75) is 33.2 Å². The third kappa shape index (κ3) is 3.89. The second-order valence-corrected chi connectivity index (χ2v) is 6.18. The maximum absolute atomic E-state index is 12.4. The van der Waals surface area contributed by atoms with E-state index in [2.05, 4.69) is 20.3 Å². The first kappa shape index (κ1) is 17.0. The number of aryl methyl sites for hydroxylation is 1. The number of nitrogens with zero attached hydrogens (tertiary/aromatic N) is 3. The van der Waals surface area contributed by atoms with Gasteiger partial charge in [0.2, 0.25) is 0 Å². The molecule has 0 aliphatic heterocycles. The number of carboxylic acids is 1. The molecule has 2 atom stereocenters. The minimum absolute atomic E-state index is 0.165. The molecule has 0 unspecified atom stereocenters. The highest BCUT2D eigenvalue weighted by Gasteiger charge is 2.27. The summed E-state index contributed by atoms with van der Waals surface area (Å²) in [5.74, 6) is -1.20. The Bertz CT molecular complexity index is 702. The Hall–Kier alpha value is -2.35. The number of rotatable bonds is 6. The van der Waals surface area contributed by atoms with E-state index in [1.807, 2.05) is 6.92 Å². The van der Waals surface area contributed by atoms with Crippen molar-refractivity contribution >= 4 is 23.2 Å². The molecule has 1 amide bonds. The van der Waals surface area contributed by atoms with Crippen LogP contribution in [0.1, 0.15) is 35.6 Å². The molecule has 0 saturated heterocycles. The number of aromatic nitrogens is 3. The number of carbonyl (C=O) groups is 2. The van der Waals surface area contributed by atoms with Gasteiger partial charge in [-0.05, 0) is 18.9 Å². The summed E-state index contributed by atoms with van der Waals surface area (Å²) in [6, 6.07) is 0.770. The van der Waals surface area contributed by atoms with Crippen molar-refractivity contribution in [1.82, 2.24) is 20.3 Å². The van der Waals surface area contributed by atoms with Gasteiger partial charge in [0.25, 0.3) is 5.91 Å². The van der Waals surface area contributed by atoms with Gasteiger partial charge in [0, 0.05) is 12.4 Å². The minimum atomic E-state index is -1.04. The lowest BCUT2D eigenvalue weighted by Crippen LogP contribution is -2.44. The quantitative estimate of drug-likeness (QED) is 0.838. The fourth-order valence-electron chi connectivity index (χ4n) is 2.00. The summed E-state index contributed by atoms with van der Waals surface area (Å²) in [6.07, 6.45) is 3.85. The molecular weight excluding hydrogens is 316 g/mol. The van der Waals surface area contributed by atoms with Crippen LogP contribution in [0.15, 0.2) is 18.5 Å². The molecule has 0 spiro atoms. The molecular formula is C15H18N4O3S. The summed E-state index contributed by atoms with van der Waals surface area (Å²) in [7, 11) is 0.